The van der Waals surface area contributed by atoms with Crippen LogP contribution in [0.1, 0.15) is 19.8 Å². The topological polar surface area (TPSA) is 49.3 Å². The zero-order valence-electron chi connectivity index (χ0n) is 6.58. The third-order valence-corrected chi connectivity index (χ3v) is 1.91. The third-order valence-electron chi connectivity index (χ3n) is 1.91. The van der Waals surface area contributed by atoms with E-state index in [1.54, 1.807) is 0 Å². The van der Waals surface area contributed by atoms with Crippen LogP contribution in [-0.2, 0) is 4.79 Å². The molecule has 62 valence electrons. The van der Waals surface area contributed by atoms with Gasteiger partial charge < -0.3 is 10.4 Å². The lowest BCUT2D eigenvalue weighted by molar-refractivity contribution is -0.131. The van der Waals surface area contributed by atoms with E-state index in [1.807, 2.05) is 0 Å². The number of aliphatic carboxylic acids is 1. The second-order valence-electron chi connectivity index (χ2n) is 2.96. The van der Waals surface area contributed by atoms with E-state index >= 15 is 0 Å². The summed E-state index contributed by atoms with van der Waals surface area (Å²) < 4.78 is 0. The number of nitrogens with one attached hydrogen (secondary N) is 1. The second-order valence-corrected chi connectivity index (χ2v) is 2.96. The summed E-state index contributed by atoms with van der Waals surface area (Å²) in [6.45, 7) is 2.07. The first-order valence-corrected chi connectivity index (χ1v) is 3.85. The summed E-state index contributed by atoms with van der Waals surface area (Å²) in [6.07, 6.45) is 5.17. The monoisotopic (exact) mass is 155 g/mol. The van der Waals surface area contributed by atoms with Crippen molar-refractivity contribution in [2.75, 3.05) is 0 Å². The van der Waals surface area contributed by atoms with E-state index in [0.29, 0.717) is 6.04 Å². The van der Waals surface area contributed by atoms with Gasteiger partial charge in [-0.05, 0) is 25.7 Å². The predicted molar refractivity (Wildman–Crippen MR) is 42.1 cm³/mol. The number of carboxylic acid groups (broad SMARTS) is 1. The van der Waals surface area contributed by atoms with E-state index < -0.39 is 5.97 Å². The SMILES string of the molecule is CC(N/C=C/C(=O)O)C1CC1. The van der Waals surface area contributed by atoms with Gasteiger partial charge in [-0.2, -0.15) is 0 Å². The van der Waals surface area contributed by atoms with Crippen molar-refractivity contribution in [3.63, 3.8) is 0 Å². The molecule has 0 spiro atoms. The first-order valence-electron chi connectivity index (χ1n) is 3.85. The quantitative estimate of drug-likeness (QED) is 0.595. The van der Waals surface area contributed by atoms with Gasteiger partial charge in [-0.3, -0.25) is 0 Å². The van der Waals surface area contributed by atoms with E-state index in [9.17, 15) is 4.79 Å². The zero-order valence-corrected chi connectivity index (χ0v) is 6.58. The number of carbonyl (C=O) groups is 1. The number of carboxylic acids is 1. The van der Waals surface area contributed by atoms with E-state index in [-0.39, 0.29) is 0 Å². The maximum absolute atomic E-state index is 10.0. The van der Waals surface area contributed by atoms with Crippen LogP contribution < -0.4 is 5.32 Å². The van der Waals surface area contributed by atoms with Crippen molar-refractivity contribution in [2.24, 2.45) is 5.92 Å². The molecule has 0 aromatic carbocycles. The summed E-state index contributed by atoms with van der Waals surface area (Å²) in [5, 5.41) is 11.3. The molecule has 3 nitrogen and oxygen atoms in total. The molecule has 0 radical (unpaired) electrons. The Labute approximate surface area is 66.1 Å². The molecule has 0 bridgehead atoms. The van der Waals surface area contributed by atoms with E-state index in [0.717, 1.165) is 12.0 Å². The minimum Gasteiger partial charge on any atom is -0.478 e. The highest BCUT2D eigenvalue weighted by molar-refractivity contribution is 5.79. The Bertz CT molecular complexity index is 173. The molecule has 1 atom stereocenters. The molecule has 3 heteroatoms. The summed E-state index contributed by atoms with van der Waals surface area (Å²) in [5.74, 6) is -0.144. The highest BCUT2D eigenvalue weighted by atomic mass is 16.4. The van der Waals surface area contributed by atoms with Crippen LogP contribution in [0.4, 0.5) is 0 Å². The fourth-order valence-corrected chi connectivity index (χ4v) is 1.00. The Kier molecular flexibility index (Phi) is 2.52. The van der Waals surface area contributed by atoms with Crippen molar-refractivity contribution in [1.29, 1.82) is 0 Å². The lowest BCUT2D eigenvalue weighted by Crippen LogP contribution is -2.22. The van der Waals surface area contributed by atoms with Gasteiger partial charge in [0.15, 0.2) is 0 Å². The maximum atomic E-state index is 10.0. The molecular weight excluding hydrogens is 142 g/mol. The molecule has 0 heterocycles. The minimum atomic E-state index is -0.902. The highest BCUT2D eigenvalue weighted by Gasteiger charge is 2.26. The lowest BCUT2D eigenvalue weighted by atomic mass is 10.2. The average molecular weight is 155 g/mol. The van der Waals surface area contributed by atoms with E-state index in [2.05, 4.69) is 12.2 Å². The molecule has 0 aliphatic heterocycles. The van der Waals surface area contributed by atoms with Crippen LogP contribution >= 0.6 is 0 Å². The smallest absolute Gasteiger partial charge is 0.329 e. The van der Waals surface area contributed by atoms with Gasteiger partial charge in [-0.1, -0.05) is 0 Å². The zero-order chi connectivity index (χ0) is 8.27. The van der Waals surface area contributed by atoms with E-state index in [4.69, 9.17) is 5.11 Å². The Balaban J connectivity index is 2.14. The lowest BCUT2D eigenvalue weighted by Gasteiger charge is -2.08. The normalized spacial score (nSPS) is 20.1. The fraction of sp³-hybridized carbons (Fsp3) is 0.625. The van der Waals surface area contributed by atoms with Crippen LogP contribution in [0.3, 0.4) is 0 Å². The molecule has 1 rings (SSSR count). The summed E-state index contributed by atoms with van der Waals surface area (Å²) in [5.41, 5.74) is 0. The number of rotatable bonds is 4. The molecule has 0 aromatic rings. The van der Waals surface area contributed by atoms with Crippen LogP contribution in [-0.4, -0.2) is 17.1 Å². The molecule has 2 N–H and O–H groups in total. The minimum absolute atomic E-state index is 0.422. The molecule has 1 saturated carbocycles. The Morgan fingerprint density at radius 3 is 2.82 bits per heavy atom. The van der Waals surface area contributed by atoms with Gasteiger partial charge in [0.25, 0.3) is 0 Å². The molecule has 0 amide bonds. The van der Waals surface area contributed by atoms with Gasteiger partial charge >= 0.3 is 5.97 Å². The number of hydrogen-bond acceptors (Lipinski definition) is 2. The summed E-state index contributed by atoms with van der Waals surface area (Å²) in [4.78, 5) is 10.0. The predicted octanol–water partition coefficient (Wildman–Crippen LogP) is 0.973. The Morgan fingerprint density at radius 2 is 2.36 bits per heavy atom. The fourth-order valence-electron chi connectivity index (χ4n) is 1.00. The van der Waals surface area contributed by atoms with Crippen LogP contribution in [0, 0.1) is 5.92 Å². The van der Waals surface area contributed by atoms with Crippen molar-refractivity contribution in [1.82, 2.24) is 5.32 Å². The molecule has 11 heavy (non-hydrogen) atoms. The van der Waals surface area contributed by atoms with Crippen LogP contribution in [0.25, 0.3) is 0 Å². The largest absolute Gasteiger partial charge is 0.478 e. The second kappa shape index (κ2) is 3.42. The first kappa shape index (κ1) is 8.11. The van der Waals surface area contributed by atoms with Gasteiger partial charge in [-0.15, -0.1) is 0 Å². The van der Waals surface area contributed by atoms with Crippen molar-refractivity contribution in [3.05, 3.63) is 12.3 Å². The van der Waals surface area contributed by atoms with E-state index in [1.165, 1.54) is 19.0 Å². The van der Waals surface area contributed by atoms with Gasteiger partial charge in [0.2, 0.25) is 0 Å². The highest BCUT2D eigenvalue weighted by Crippen LogP contribution is 2.32. The summed E-state index contributed by atoms with van der Waals surface area (Å²) >= 11 is 0. The van der Waals surface area contributed by atoms with Crippen molar-refractivity contribution < 1.29 is 9.90 Å². The molecule has 1 aliphatic carbocycles. The Hall–Kier alpha value is -0.990. The molecule has 0 saturated heterocycles. The number of hydrogen-bond donors (Lipinski definition) is 2. The maximum Gasteiger partial charge on any atom is 0.329 e. The van der Waals surface area contributed by atoms with Crippen LogP contribution in [0.2, 0.25) is 0 Å². The molecule has 1 fully saturated rings. The van der Waals surface area contributed by atoms with Crippen LogP contribution in [0.5, 0.6) is 0 Å². The van der Waals surface area contributed by atoms with Crippen molar-refractivity contribution >= 4 is 5.97 Å². The Morgan fingerprint density at radius 1 is 1.73 bits per heavy atom. The molecule has 0 aromatic heterocycles. The summed E-state index contributed by atoms with van der Waals surface area (Å²) in [7, 11) is 0. The van der Waals surface area contributed by atoms with Crippen molar-refractivity contribution in [3.8, 4) is 0 Å². The van der Waals surface area contributed by atoms with Gasteiger partial charge in [0.1, 0.15) is 0 Å². The molecule has 1 aliphatic rings. The van der Waals surface area contributed by atoms with Crippen molar-refractivity contribution in [2.45, 2.75) is 25.8 Å². The summed E-state index contributed by atoms with van der Waals surface area (Å²) in [6, 6.07) is 0.422. The van der Waals surface area contributed by atoms with Gasteiger partial charge in [0, 0.05) is 18.3 Å². The first-order chi connectivity index (χ1) is 5.20. The molecular formula is C8H13NO2. The van der Waals surface area contributed by atoms with Crippen LogP contribution in [0.15, 0.2) is 12.3 Å². The molecule has 1 unspecified atom stereocenters. The average Bonchev–Trinajstić information content (AvgIpc) is 2.66. The third kappa shape index (κ3) is 3.07. The van der Waals surface area contributed by atoms with Gasteiger partial charge in [0.05, 0.1) is 0 Å². The standard InChI is InChI=1S/C8H13NO2/c1-6(7-2-3-7)9-5-4-8(10)11/h4-7,9H,2-3H2,1H3,(H,10,11)/b5-4+. The van der Waals surface area contributed by atoms with Gasteiger partial charge in [-0.25, -0.2) is 4.79 Å².